The van der Waals surface area contributed by atoms with E-state index in [0.717, 1.165) is 24.5 Å². The molecule has 0 saturated carbocycles. The molecule has 136 valence electrons. The van der Waals surface area contributed by atoms with Gasteiger partial charge in [-0.1, -0.05) is 0 Å². The molecule has 0 spiro atoms. The number of hydrogen-bond acceptors (Lipinski definition) is 4. The molecule has 3 rings (SSSR count). The van der Waals surface area contributed by atoms with Crippen LogP contribution in [0.1, 0.15) is 5.69 Å². The van der Waals surface area contributed by atoms with E-state index in [9.17, 15) is 9.18 Å². The molecule has 0 bridgehead atoms. The van der Waals surface area contributed by atoms with Gasteiger partial charge in [-0.25, -0.2) is 4.39 Å². The molecule has 1 aliphatic heterocycles. The number of carbonyl (C=O) groups excluding carboxylic acids is 1. The van der Waals surface area contributed by atoms with Crippen molar-refractivity contribution in [2.75, 3.05) is 36.8 Å². The van der Waals surface area contributed by atoms with E-state index in [1.54, 1.807) is 30.5 Å². The molecule has 0 radical (unpaired) electrons. The number of nitrogens with two attached hydrogens (primary N) is 1. The fourth-order valence-corrected chi connectivity index (χ4v) is 2.67. The Hall–Kier alpha value is -2.05. The summed E-state index contributed by atoms with van der Waals surface area (Å²) in [6.07, 6.45) is 1.85. The second kappa shape index (κ2) is 9.44. The highest BCUT2D eigenvalue weighted by molar-refractivity contribution is 5.85. The fourth-order valence-electron chi connectivity index (χ4n) is 2.67. The van der Waals surface area contributed by atoms with Crippen LogP contribution in [0.25, 0.3) is 0 Å². The Kier molecular flexibility index (Phi) is 7.93. The molecule has 1 aromatic carbocycles. The fraction of sp³-hybridized carbons (Fsp3) is 0.294. The van der Waals surface area contributed by atoms with Crippen molar-refractivity contribution in [1.82, 2.24) is 9.88 Å². The van der Waals surface area contributed by atoms with Crippen LogP contribution in [-0.4, -0.2) is 42.0 Å². The summed E-state index contributed by atoms with van der Waals surface area (Å²) in [5, 5.41) is 0. The van der Waals surface area contributed by atoms with Crippen LogP contribution in [0.4, 0.5) is 15.8 Å². The van der Waals surface area contributed by atoms with Gasteiger partial charge in [-0.3, -0.25) is 9.78 Å². The lowest BCUT2D eigenvalue weighted by atomic mass is 10.2. The maximum absolute atomic E-state index is 13.0. The Morgan fingerprint density at radius 1 is 1.04 bits per heavy atom. The molecule has 5 nitrogen and oxygen atoms in total. The highest BCUT2D eigenvalue weighted by Gasteiger charge is 2.21. The monoisotopic (exact) mass is 386 g/mol. The molecule has 2 heterocycles. The minimum Gasteiger partial charge on any atom is -0.397 e. The number of carbonyl (C=O) groups is 1. The van der Waals surface area contributed by atoms with Crippen LogP contribution in [0.5, 0.6) is 0 Å². The van der Waals surface area contributed by atoms with Gasteiger partial charge in [0.2, 0.25) is 5.91 Å². The highest BCUT2D eigenvalue weighted by atomic mass is 35.5. The number of benzene rings is 1. The average molecular weight is 387 g/mol. The summed E-state index contributed by atoms with van der Waals surface area (Å²) in [5.74, 6) is -0.167. The van der Waals surface area contributed by atoms with E-state index in [0.29, 0.717) is 18.8 Å². The maximum Gasteiger partial charge on any atom is 0.228 e. The summed E-state index contributed by atoms with van der Waals surface area (Å²) in [6, 6.07) is 9.99. The zero-order chi connectivity index (χ0) is 16.2. The van der Waals surface area contributed by atoms with Crippen molar-refractivity contribution < 1.29 is 9.18 Å². The Balaban J connectivity index is 0.00000156. The molecule has 2 N–H and O–H groups in total. The molecule has 0 aliphatic carbocycles. The Bertz CT molecular complexity index is 674. The quantitative estimate of drug-likeness (QED) is 0.880. The van der Waals surface area contributed by atoms with E-state index in [2.05, 4.69) is 9.88 Å². The van der Waals surface area contributed by atoms with Crippen LogP contribution < -0.4 is 10.6 Å². The maximum atomic E-state index is 13.0. The zero-order valence-corrected chi connectivity index (χ0v) is 15.2. The van der Waals surface area contributed by atoms with Gasteiger partial charge in [-0.2, -0.15) is 0 Å². The van der Waals surface area contributed by atoms with E-state index in [1.807, 2.05) is 4.90 Å². The Labute approximate surface area is 158 Å². The number of nitrogens with zero attached hydrogens (tertiary/aromatic N) is 3. The van der Waals surface area contributed by atoms with E-state index in [1.165, 1.54) is 12.1 Å². The van der Waals surface area contributed by atoms with E-state index in [4.69, 9.17) is 5.73 Å². The number of halogens is 3. The SMILES string of the molecule is Cl.Cl.Nc1ccc(CC(=O)N2CCN(c3ccc(F)cc3)CC2)nc1. The van der Waals surface area contributed by atoms with Gasteiger partial charge >= 0.3 is 0 Å². The third-order valence-corrected chi connectivity index (χ3v) is 4.00. The molecular weight excluding hydrogens is 366 g/mol. The number of anilines is 2. The molecule has 1 saturated heterocycles. The lowest BCUT2D eigenvalue weighted by Gasteiger charge is -2.36. The highest BCUT2D eigenvalue weighted by Crippen LogP contribution is 2.17. The van der Waals surface area contributed by atoms with Crippen molar-refractivity contribution in [2.24, 2.45) is 0 Å². The normalized spacial score (nSPS) is 13.6. The zero-order valence-electron chi connectivity index (χ0n) is 13.6. The summed E-state index contributed by atoms with van der Waals surface area (Å²) < 4.78 is 13.0. The summed E-state index contributed by atoms with van der Waals surface area (Å²) in [6.45, 7) is 2.80. The third-order valence-electron chi connectivity index (χ3n) is 4.00. The number of aromatic nitrogens is 1. The molecular formula is C17H21Cl2FN4O. The van der Waals surface area contributed by atoms with Gasteiger partial charge in [0, 0.05) is 37.6 Å². The third kappa shape index (κ3) is 5.47. The largest absolute Gasteiger partial charge is 0.397 e. The van der Waals surface area contributed by atoms with Crippen molar-refractivity contribution in [2.45, 2.75) is 6.42 Å². The predicted octanol–water partition coefficient (Wildman–Crippen LogP) is 2.54. The average Bonchev–Trinajstić information content (AvgIpc) is 2.58. The molecule has 1 fully saturated rings. The van der Waals surface area contributed by atoms with Crippen LogP contribution in [0, 0.1) is 5.82 Å². The summed E-state index contributed by atoms with van der Waals surface area (Å²) in [4.78, 5) is 20.5. The van der Waals surface area contributed by atoms with Crippen LogP contribution >= 0.6 is 24.8 Å². The molecule has 1 aliphatic rings. The summed E-state index contributed by atoms with van der Waals surface area (Å²) >= 11 is 0. The number of rotatable bonds is 3. The molecule has 0 atom stereocenters. The van der Waals surface area contributed by atoms with Crippen LogP contribution in [0.2, 0.25) is 0 Å². The first-order chi connectivity index (χ1) is 11.1. The second-order valence-corrected chi connectivity index (χ2v) is 5.60. The smallest absolute Gasteiger partial charge is 0.228 e. The number of amides is 1. The van der Waals surface area contributed by atoms with Gasteiger partial charge in [0.15, 0.2) is 0 Å². The van der Waals surface area contributed by atoms with Gasteiger partial charge in [-0.05, 0) is 36.4 Å². The molecule has 1 amide bonds. The molecule has 1 aromatic heterocycles. The van der Waals surface area contributed by atoms with Gasteiger partial charge < -0.3 is 15.5 Å². The Morgan fingerprint density at radius 2 is 1.68 bits per heavy atom. The second-order valence-electron chi connectivity index (χ2n) is 5.60. The van der Waals surface area contributed by atoms with Crippen molar-refractivity contribution in [3.8, 4) is 0 Å². The Morgan fingerprint density at radius 3 is 2.24 bits per heavy atom. The first kappa shape index (κ1) is 21.0. The number of piperazine rings is 1. The first-order valence-electron chi connectivity index (χ1n) is 7.60. The lowest BCUT2D eigenvalue weighted by Crippen LogP contribution is -2.49. The van der Waals surface area contributed by atoms with Crippen molar-refractivity contribution in [3.63, 3.8) is 0 Å². The van der Waals surface area contributed by atoms with Crippen LogP contribution in [-0.2, 0) is 11.2 Å². The topological polar surface area (TPSA) is 62.5 Å². The standard InChI is InChI=1S/C17H19FN4O.2ClH/c18-13-1-5-16(6-2-13)21-7-9-22(10-8-21)17(23)11-15-4-3-14(19)12-20-15;;/h1-6,12H,7-11,19H2;2*1H. The van der Waals surface area contributed by atoms with E-state index >= 15 is 0 Å². The number of nitrogen functional groups attached to an aromatic ring is 1. The van der Waals surface area contributed by atoms with Gasteiger partial charge in [0.05, 0.1) is 18.3 Å². The van der Waals surface area contributed by atoms with Crippen molar-refractivity contribution in [3.05, 3.63) is 54.1 Å². The number of pyridine rings is 1. The van der Waals surface area contributed by atoms with E-state index in [-0.39, 0.29) is 43.0 Å². The van der Waals surface area contributed by atoms with Crippen LogP contribution in [0.3, 0.4) is 0 Å². The molecule has 25 heavy (non-hydrogen) atoms. The summed E-state index contributed by atoms with van der Waals surface area (Å²) in [7, 11) is 0. The number of hydrogen-bond donors (Lipinski definition) is 1. The van der Waals surface area contributed by atoms with Crippen molar-refractivity contribution in [1.29, 1.82) is 0 Å². The summed E-state index contributed by atoms with van der Waals surface area (Å²) in [5.41, 5.74) is 7.90. The van der Waals surface area contributed by atoms with Crippen LogP contribution in [0.15, 0.2) is 42.6 Å². The molecule has 8 heteroatoms. The van der Waals surface area contributed by atoms with E-state index < -0.39 is 0 Å². The lowest BCUT2D eigenvalue weighted by molar-refractivity contribution is -0.130. The first-order valence-corrected chi connectivity index (χ1v) is 7.60. The molecule has 0 unspecified atom stereocenters. The van der Waals surface area contributed by atoms with Gasteiger partial charge in [-0.15, -0.1) is 24.8 Å². The minimum atomic E-state index is -0.237. The minimum absolute atomic E-state index is 0. The van der Waals surface area contributed by atoms with Gasteiger partial charge in [0.1, 0.15) is 5.82 Å². The van der Waals surface area contributed by atoms with Gasteiger partial charge in [0.25, 0.3) is 0 Å². The molecule has 2 aromatic rings. The van der Waals surface area contributed by atoms with Crippen molar-refractivity contribution >= 4 is 42.1 Å². The predicted molar refractivity (Wildman–Crippen MR) is 102 cm³/mol.